The molecular formula is C51H100NO8P. The normalized spacial score (nSPS) is 13.2. The van der Waals surface area contributed by atoms with Crippen molar-refractivity contribution in [3.8, 4) is 0 Å². The summed E-state index contributed by atoms with van der Waals surface area (Å²) in [6, 6.07) is 0. The fourth-order valence-electron chi connectivity index (χ4n) is 7.76. The van der Waals surface area contributed by atoms with Gasteiger partial charge in [0, 0.05) is 19.4 Å². The Morgan fingerprint density at radius 3 is 1.21 bits per heavy atom. The Balaban J connectivity index is 4.02. The van der Waals surface area contributed by atoms with Crippen LogP contribution < -0.4 is 5.73 Å². The number of esters is 2. The van der Waals surface area contributed by atoms with E-state index < -0.39 is 26.5 Å². The molecule has 0 amide bonds. The molecule has 0 aromatic heterocycles. The Morgan fingerprint density at radius 2 is 0.820 bits per heavy atom. The van der Waals surface area contributed by atoms with Crippen LogP contribution in [0.4, 0.5) is 0 Å². The van der Waals surface area contributed by atoms with E-state index in [0.717, 1.165) is 32.1 Å². The van der Waals surface area contributed by atoms with E-state index in [0.29, 0.717) is 6.42 Å². The first-order chi connectivity index (χ1) is 29.8. The zero-order valence-corrected chi connectivity index (χ0v) is 41.1. The summed E-state index contributed by atoms with van der Waals surface area (Å²) in [6.07, 6.45) is 52.7. The van der Waals surface area contributed by atoms with Gasteiger partial charge in [-0.25, -0.2) is 4.57 Å². The number of phosphoric acid groups is 1. The smallest absolute Gasteiger partial charge is 0.462 e. The summed E-state index contributed by atoms with van der Waals surface area (Å²) in [5.41, 5.74) is 5.37. The van der Waals surface area contributed by atoms with Gasteiger partial charge >= 0.3 is 19.8 Å². The number of unbranched alkanes of at least 4 members (excludes halogenated alkanes) is 35. The van der Waals surface area contributed by atoms with Crippen molar-refractivity contribution in [2.45, 2.75) is 277 Å². The number of nitrogens with two attached hydrogens (primary N) is 1. The average molecular weight is 886 g/mol. The van der Waals surface area contributed by atoms with E-state index in [9.17, 15) is 19.0 Å². The summed E-state index contributed by atoms with van der Waals surface area (Å²) in [5.74, 6) is -0.848. The molecule has 0 aromatic rings. The van der Waals surface area contributed by atoms with Crippen LogP contribution in [0.25, 0.3) is 0 Å². The minimum Gasteiger partial charge on any atom is -0.462 e. The fourth-order valence-corrected chi connectivity index (χ4v) is 8.53. The van der Waals surface area contributed by atoms with Crippen LogP contribution in [0.15, 0.2) is 12.2 Å². The van der Waals surface area contributed by atoms with Crippen LogP contribution in [0, 0.1) is 0 Å². The average Bonchev–Trinajstić information content (AvgIpc) is 3.25. The van der Waals surface area contributed by atoms with E-state index in [1.165, 1.54) is 205 Å². The van der Waals surface area contributed by atoms with E-state index in [4.69, 9.17) is 24.3 Å². The van der Waals surface area contributed by atoms with Gasteiger partial charge in [-0.2, -0.15) is 0 Å². The number of hydrogen-bond donors (Lipinski definition) is 2. The van der Waals surface area contributed by atoms with Crippen LogP contribution in [0.5, 0.6) is 0 Å². The second-order valence-corrected chi connectivity index (χ2v) is 19.2. The van der Waals surface area contributed by atoms with Crippen molar-refractivity contribution in [1.82, 2.24) is 0 Å². The summed E-state index contributed by atoms with van der Waals surface area (Å²) < 4.78 is 32.9. The summed E-state index contributed by atoms with van der Waals surface area (Å²) in [5, 5.41) is 0. The number of rotatable bonds is 50. The van der Waals surface area contributed by atoms with Crippen molar-refractivity contribution in [2.24, 2.45) is 5.73 Å². The first-order valence-electron chi connectivity index (χ1n) is 26.2. The van der Waals surface area contributed by atoms with Gasteiger partial charge in [0.15, 0.2) is 6.10 Å². The Morgan fingerprint density at radius 1 is 0.475 bits per heavy atom. The largest absolute Gasteiger partial charge is 0.472 e. The summed E-state index contributed by atoms with van der Waals surface area (Å²) >= 11 is 0. The maximum atomic E-state index is 12.6. The van der Waals surface area contributed by atoms with E-state index >= 15 is 0 Å². The molecule has 0 aromatic carbocycles. The highest BCUT2D eigenvalue weighted by molar-refractivity contribution is 7.47. The van der Waals surface area contributed by atoms with E-state index in [2.05, 4.69) is 26.0 Å². The van der Waals surface area contributed by atoms with Crippen molar-refractivity contribution >= 4 is 19.8 Å². The summed E-state index contributed by atoms with van der Waals surface area (Å²) in [6.45, 7) is 3.77. The van der Waals surface area contributed by atoms with Gasteiger partial charge in [-0.1, -0.05) is 238 Å². The standard InChI is InChI=1S/C51H100NO8P/c1-3-5-7-9-11-13-15-17-19-21-22-23-24-25-26-28-30-32-34-36-38-40-42-44-51(54)60-49(48-59-61(55,56)58-46-45-52)47-57-50(53)43-41-39-37-35-33-31-29-27-20-18-16-14-12-10-8-6-4-2/h36,38,49H,3-35,37,39-48,52H2,1-2H3,(H,55,56)/b38-36+/t49-/m1/s1. The molecule has 2 atom stereocenters. The molecule has 0 heterocycles. The molecule has 362 valence electrons. The van der Waals surface area contributed by atoms with Gasteiger partial charge in [-0.05, 0) is 32.1 Å². The van der Waals surface area contributed by atoms with Gasteiger partial charge in [0.25, 0.3) is 0 Å². The third kappa shape index (κ3) is 48.1. The van der Waals surface area contributed by atoms with Gasteiger partial charge in [-0.15, -0.1) is 0 Å². The van der Waals surface area contributed by atoms with E-state index in [1.54, 1.807) is 0 Å². The molecule has 0 rings (SSSR count). The third-order valence-corrected chi connectivity index (χ3v) is 12.6. The lowest BCUT2D eigenvalue weighted by atomic mass is 10.0. The van der Waals surface area contributed by atoms with Crippen molar-refractivity contribution < 1.29 is 37.6 Å². The molecule has 3 N–H and O–H groups in total. The molecule has 0 fully saturated rings. The second-order valence-electron chi connectivity index (χ2n) is 17.8. The Bertz CT molecular complexity index is 1010. The minimum atomic E-state index is -4.38. The zero-order valence-electron chi connectivity index (χ0n) is 40.2. The molecule has 0 aliphatic heterocycles. The zero-order chi connectivity index (χ0) is 44.6. The lowest BCUT2D eigenvalue weighted by Gasteiger charge is -2.19. The Hall–Kier alpha value is -1.25. The molecule has 61 heavy (non-hydrogen) atoms. The third-order valence-electron chi connectivity index (χ3n) is 11.7. The first-order valence-corrected chi connectivity index (χ1v) is 27.7. The van der Waals surface area contributed by atoms with Crippen LogP contribution in [-0.4, -0.2) is 49.3 Å². The highest BCUT2D eigenvalue weighted by Gasteiger charge is 2.26. The van der Waals surface area contributed by atoms with Gasteiger partial charge in [0.2, 0.25) is 0 Å². The second kappa shape index (κ2) is 48.2. The van der Waals surface area contributed by atoms with Crippen LogP contribution in [-0.2, 0) is 32.7 Å². The highest BCUT2D eigenvalue weighted by atomic mass is 31.2. The monoisotopic (exact) mass is 886 g/mol. The van der Waals surface area contributed by atoms with Crippen molar-refractivity contribution in [1.29, 1.82) is 0 Å². The highest BCUT2D eigenvalue weighted by Crippen LogP contribution is 2.43. The topological polar surface area (TPSA) is 134 Å². The molecule has 1 unspecified atom stereocenters. The molecule has 9 nitrogen and oxygen atoms in total. The van der Waals surface area contributed by atoms with Gasteiger partial charge in [-0.3, -0.25) is 18.6 Å². The van der Waals surface area contributed by atoms with E-state index in [1.807, 2.05) is 0 Å². The van der Waals surface area contributed by atoms with Crippen LogP contribution in [0.2, 0.25) is 0 Å². The predicted octanol–water partition coefficient (Wildman–Crippen LogP) is 15.7. The van der Waals surface area contributed by atoms with Crippen LogP contribution in [0.1, 0.15) is 271 Å². The summed E-state index contributed by atoms with van der Waals surface area (Å²) in [4.78, 5) is 35.0. The molecule has 0 aliphatic carbocycles. The molecule has 0 saturated heterocycles. The quantitative estimate of drug-likeness (QED) is 0.0265. The Labute approximate surface area is 377 Å². The number of carbonyl (C=O) groups is 2. The van der Waals surface area contributed by atoms with Gasteiger partial charge in [0.1, 0.15) is 6.61 Å². The molecule has 0 spiro atoms. The van der Waals surface area contributed by atoms with Gasteiger partial charge in [0.05, 0.1) is 13.2 Å². The van der Waals surface area contributed by atoms with E-state index in [-0.39, 0.29) is 38.6 Å². The lowest BCUT2D eigenvalue weighted by Crippen LogP contribution is -2.29. The number of phosphoric ester groups is 1. The van der Waals surface area contributed by atoms with Crippen molar-refractivity contribution in [3.63, 3.8) is 0 Å². The lowest BCUT2D eigenvalue weighted by molar-refractivity contribution is -0.161. The van der Waals surface area contributed by atoms with Crippen LogP contribution >= 0.6 is 7.82 Å². The number of ether oxygens (including phenoxy) is 2. The Kier molecular flexibility index (Phi) is 47.2. The SMILES string of the molecule is CCCCCCCCCCCCCCCCCCCC/C=C/CCCC(=O)O[C@H](COC(=O)CCCCCCCCCCCCCCCCCCC)COP(=O)(O)OCCN. The number of allylic oxidation sites excluding steroid dienone is 2. The molecule has 0 aliphatic rings. The predicted molar refractivity (Wildman–Crippen MR) is 257 cm³/mol. The fraction of sp³-hybridized carbons (Fsp3) is 0.922. The maximum Gasteiger partial charge on any atom is 0.472 e. The van der Waals surface area contributed by atoms with Crippen molar-refractivity contribution in [3.05, 3.63) is 12.2 Å². The molecule has 0 bridgehead atoms. The first kappa shape index (κ1) is 59.8. The minimum absolute atomic E-state index is 0.0529. The molecular weight excluding hydrogens is 786 g/mol. The summed E-state index contributed by atoms with van der Waals surface area (Å²) in [7, 11) is -4.38. The number of hydrogen-bond acceptors (Lipinski definition) is 8. The molecule has 0 saturated carbocycles. The number of carbonyl (C=O) groups excluding carboxylic acids is 2. The van der Waals surface area contributed by atoms with Crippen LogP contribution in [0.3, 0.4) is 0 Å². The molecule has 10 heteroatoms. The van der Waals surface area contributed by atoms with Crippen molar-refractivity contribution in [2.75, 3.05) is 26.4 Å². The van der Waals surface area contributed by atoms with Gasteiger partial charge < -0.3 is 20.1 Å². The molecule has 0 radical (unpaired) electrons. The maximum absolute atomic E-state index is 12.6.